The van der Waals surface area contributed by atoms with Gasteiger partial charge in [0.05, 0.1) is 5.75 Å². The fourth-order valence-corrected chi connectivity index (χ4v) is 3.04. The predicted octanol–water partition coefficient (Wildman–Crippen LogP) is 3.14. The van der Waals surface area contributed by atoms with Crippen molar-refractivity contribution in [1.29, 1.82) is 0 Å². The third-order valence-electron chi connectivity index (χ3n) is 3.57. The Bertz CT molecular complexity index is 374. The maximum atomic E-state index is 11.4. The van der Waals surface area contributed by atoms with Crippen molar-refractivity contribution < 1.29 is 17.4 Å². The molecule has 0 rings (SSSR count). The molecule has 0 aromatic heterocycles. The summed E-state index contributed by atoms with van der Waals surface area (Å²) in [5.74, 6) is -0.971. The Labute approximate surface area is 185 Å². The zero-order valence-electron chi connectivity index (χ0n) is 15.0. The molecule has 7 heteroatoms. The number of hydrogen-bond donors (Lipinski definition) is 1. The van der Waals surface area contributed by atoms with Crippen LogP contribution in [0.1, 0.15) is 84.0 Å². The Kier molecular flexibility index (Phi) is 20.3. The SMILES string of the molecule is CCCCCCCCCCCCCC(=O)OS(=O)(=O)CCN.[K]. The minimum Gasteiger partial charge on any atom is -0.346 e. The predicted molar refractivity (Wildman–Crippen MR) is 95.8 cm³/mol. The molecule has 5 nitrogen and oxygen atoms in total. The monoisotopic (exact) mass is 374 g/mol. The quantitative estimate of drug-likeness (QED) is 0.270. The van der Waals surface area contributed by atoms with Crippen molar-refractivity contribution in [2.75, 3.05) is 12.3 Å². The topological polar surface area (TPSA) is 86.5 Å². The van der Waals surface area contributed by atoms with Gasteiger partial charge in [0.25, 0.3) is 0 Å². The van der Waals surface area contributed by atoms with E-state index in [1.807, 2.05) is 0 Å². The summed E-state index contributed by atoms with van der Waals surface area (Å²) in [7, 11) is -3.77. The molecular weight excluding hydrogens is 341 g/mol. The molecule has 0 heterocycles. The second-order valence-electron chi connectivity index (χ2n) is 5.79. The third-order valence-corrected chi connectivity index (χ3v) is 4.75. The van der Waals surface area contributed by atoms with Gasteiger partial charge in [0, 0.05) is 64.4 Å². The van der Waals surface area contributed by atoms with Crippen LogP contribution in [0, 0.1) is 0 Å². The molecule has 0 aliphatic heterocycles. The molecule has 0 unspecified atom stereocenters. The fourth-order valence-electron chi connectivity index (χ4n) is 2.30. The summed E-state index contributed by atoms with van der Waals surface area (Å²) < 4.78 is 26.9. The number of rotatable bonds is 15. The summed E-state index contributed by atoms with van der Waals surface area (Å²) in [6.45, 7) is 2.19. The first kappa shape index (κ1) is 26.2. The van der Waals surface area contributed by atoms with Gasteiger partial charge >= 0.3 is 16.1 Å². The standard InChI is InChI=1S/C16H33NO4S.K/c1-2-3-4-5-6-7-8-9-10-11-12-13-16(18)21-22(19,20)15-14-17;/h2-15,17H2,1H3;. The molecule has 0 spiro atoms. The summed E-state index contributed by atoms with van der Waals surface area (Å²) in [6, 6.07) is 0. The van der Waals surface area contributed by atoms with E-state index in [1.165, 1.54) is 51.4 Å². The molecule has 0 aliphatic rings. The normalized spacial score (nSPS) is 11.0. The number of nitrogens with two attached hydrogens (primary N) is 1. The Morgan fingerprint density at radius 1 is 0.870 bits per heavy atom. The van der Waals surface area contributed by atoms with Gasteiger partial charge in [-0.2, -0.15) is 8.42 Å². The average molecular weight is 375 g/mol. The van der Waals surface area contributed by atoms with Gasteiger partial charge in [-0.3, -0.25) is 4.79 Å². The van der Waals surface area contributed by atoms with Crippen LogP contribution in [-0.4, -0.2) is 78.1 Å². The second kappa shape index (κ2) is 17.8. The fraction of sp³-hybridized carbons (Fsp3) is 0.938. The van der Waals surface area contributed by atoms with Crippen LogP contribution in [0.25, 0.3) is 0 Å². The van der Waals surface area contributed by atoms with E-state index in [4.69, 9.17) is 5.73 Å². The first-order chi connectivity index (χ1) is 10.5. The van der Waals surface area contributed by atoms with Crippen LogP contribution in [0.15, 0.2) is 0 Å². The maximum Gasteiger partial charge on any atom is 0.322 e. The third kappa shape index (κ3) is 19.2. The first-order valence-corrected chi connectivity index (χ1v) is 10.2. The van der Waals surface area contributed by atoms with E-state index in [2.05, 4.69) is 11.1 Å². The molecular formula is C16H33KNO4S. The van der Waals surface area contributed by atoms with Gasteiger partial charge in [-0.1, -0.05) is 71.1 Å². The van der Waals surface area contributed by atoms with Crippen molar-refractivity contribution in [3.05, 3.63) is 0 Å². The molecule has 0 aromatic rings. The van der Waals surface area contributed by atoms with E-state index in [9.17, 15) is 13.2 Å². The van der Waals surface area contributed by atoms with Crippen LogP contribution in [0.4, 0.5) is 0 Å². The Morgan fingerprint density at radius 2 is 1.30 bits per heavy atom. The van der Waals surface area contributed by atoms with Gasteiger partial charge in [-0.05, 0) is 6.42 Å². The Morgan fingerprint density at radius 3 is 1.74 bits per heavy atom. The Balaban J connectivity index is 0. The molecule has 0 saturated carbocycles. The molecule has 1 radical (unpaired) electrons. The molecule has 0 amide bonds. The first-order valence-electron chi connectivity index (χ1n) is 8.67. The number of carbonyl (C=O) groups is 1. The van der Waals surface area contributed by atoms with Crippen molar-refractivity contribution in [1.82, 2.24) is 0 Å². The van der Waals surface area contributed by atoms with Gasteiger partial charge in [-0.25, -0.2) is 0 Å². The van der Waals surface area contributed by atoms with E-state index in [0.717, 1.165) is 12.8 Å². The smallest absolute Gasteiger partial charge is 0.322 e. The van der Waals surface area contributed by atoms with E-state index in [-0.39, 0.29) is 70.1 Å². The van der Waals surface area contributed by atoms with Crippen LogP contribution in [0.5, 0.6) is 0 Å². The van der Waals surface area contributed by atoms with Gasteiger partial charge in [0.1, 0.15) is 0 Å². The van der Waals surface area contributed by atoms with Crippen molar-refractivity contribution in [3.63, 3.8) is 0 Å². The summed E-state index contributed by atoms with van der Waals surface area (Å²) >= 11 is 0. The zero-order valence-corrected chi connectivity index (χ0v) is 19.0. The van der Waals surface area contributed by atoms with Crippen LogP contribution < -0.4 is 5.73 Å². The summed E-state index contributed by atoms with van der Waals surface area (Å²) in [5, 5.41) is 0. The molecule has 23 heavy (non-hydrogen) atoms. The molecule has 0 aliphatic carbocycles. The van der Waals surface area contributed by atoms with Crippen LogP contribution >= 0.6 is 0 Å². The van der Waals surface area contributed by atoms with Crippen molar-refractivity contribution >= 4 is 67.5 Å². The largest absolute Gasteiger partial charge is 0.346 e. The molecule has 0 bridgehead atoms. The van der Waals surface area contributed by atoms with Gasteiger partial charge in [0.2, 0.25) is 0 Å². The molecule has 0 saturated heterocycles. The molecule has 0 fully saturated rings. The van der Waals surface area contributed by atoms with Crippen LogP contribution in [0.3, 0.4) is 0 Å². The maximum absolute atomic E-state index is 11.4. The van der Waals surface area contributed by atoms with Crippen molar-refractivity contribution in [3.8, 4) is 0 Å². The molecule has 133 valence electrons. The van der Waals surface area contributed by atoms with E-state index >= 15 is 0 Å². The summed E-state index contributed by atoms with van der Waals surface area (Å²) in [6.07, 6.45) is 13.3. The van der Waals surface area contributed by atoms with Gasteiger partial charge in [0.15, 0.2) is 0 Å². The van der Waals surface area contributed by atoms with Crippen LogP contribution in [-0.2, 0) is 19.1 Å². The minimum absolute atomic E-state index is 0. The Hall–Kier alpha value is 1.02. The molecule has 0 atom stereocenters. The van der Waals surface area contributed by atoms with Crippen molar-refractivity contribution in [2.24, 2.45) is 5.73 Å². The number of unbranched alkanes of at least 4 members (excludes halogenated alkanes) is 10. The van der Waals surface area contributed by atoms with Gasteiger partial charge in [-0.15, -0.1) is 0 Å². The van der Waals surface area contributed by atoms with E-state index < -0.39 is 16.1 Å². The molecule has 2 N–H and O–H groups in total. The number of hydrogen-bond acceptors (Lipinski definition) is 5. The van der Waals surface area contributed by atoms with E-state index in [0.29, 0.717) is 6.42 Å². The number of carbonyl (C=O) groups excluding carboxylic acids is 1. The second-order valence-corrected chi connectivity index (χ2v) is 7.48. The summed E-state index contributed by atoms with van der Waals surface area (Å²) in [4.78, 5) is 11.4. The zero-order chi connectivity index (χ0) is 16.7. The molecule has 0 aromatic carbocycles. The van der Waals surface area contributed by atoms with Crippen molar-refractivity contribution in [2.45, 2.75) is 84.0 Å². The minimum atomic E-state index is -3.77. The average Bonchev–Trinajstić information content (AvgIpc) is 2.44. The van der Waals surface area contributed by atoms with Crippen LogP contribution in [0.2, 0.25) is 0 Å². The van der Waals surface area contributed by atoms with Gasteiger partial charge < -0.3 is 9.92 Å². The summed E-state index contributed by atoms with van der Waals surface area (Å²) in [5.41, 5.74) is 5.13. The van der Waals surface area contributed by atoms with E-state index in [1.54, 1.807) is 0 Å².